The van der Waals surface area contributed by atoms with Crippen LogP contribution in [0.5, 0.6) is 0 Å². The number of carbonyl (C=O) groups excluding carboxylic acids is 1. The number of carbonyl (C=O) groups is 1. The predicted molar refractivity (Wildman–Crippen MR) is 112 cm³/mol. The summed E-state index contributed by atoms with van der Waals surface area (Å²) >= 11 is 0. The summed E-state index contributed by atoms with van der Waals surface area (Å²) in [7, 11) is -10.3. The van der Waals surface area contributed by atoms with Crippen LogP contribution in [0, 0.1) is 0 Å². The molecule has 0 amide bonds. The molecule has 1 saturated heterocycles. The highest BCUT2D eigenvalue weighted by atomic mass is 31.3. The van der Waals surface area contributed by atoms with Crippen molar-refractivity contribution in [3.8, 4) is 0 Å². The lowest BCUT2D eigenvalue weighted by Gasteiger charge is -2.23. The molecular weight excluding hydrogens is 518 g/mol. The molecule has 3 rings (SSSR count). The second kappa shape index (κ2) is 10.6. The van der Waals surface area contributed by atoms with Crippen molar-refractivity contribution in [2.45, 2.75) is 37.0 Å². The van der Waals surface area contributed by atoms with Crippen LogP contribution in [0.4, 0.5) is 0 Å². The molecule has 3 heterocycles. The number of hydrogen-bond donors (Lipinski definition) is 8. The van der Waals surface area contributed by atoms with Crippen molar-refractivity contribution >= 4 is 21.5 Å². The maximum Gasteiger partial charge on any atom is 0.412 e. The van der Waals surface area contributed by atoms with E-state index < -0.39 is 69.9 Å². The normalized spacial score (nSPS) is 25.2. The van der Waals surface area contributed by atoms with Crippen LogP contribution in [-0.2, 0) is 34.3 Å². The summed E-state index contributed by atoms with van der Waals surface area (Å²) in [4.78, 5) is 72.8. The number of nitrogens with zero attached hydrogens (tertiary/aromatic N) is 2. The SMILES string of the molecule is N[C@@H](Cc1cnc[nH]1)C(=O)O[C@H]1[C@@H](O)[C@H](n2ccc(=O)[nH]c2=O)O[C@@H]1COP(=O)(O)NP(=O)(O)O. The number of aromatic amines is 2. The first-order valence-electron chi connectivity index (χ1n) is 9.66. The van der Waals surface area contributed by atoms with Gasteiger partial charge in [-0.15, -0.1) is 4.86 Å². The molecule has 9 N–H and O–H groups in total. The van der Waals surface area contributed by atoms with Crippen LogP contribution >= 0.6 is 15.5 Å². The van der Waals surface area contributed by atoms with Gasteiger partial charge in [0.25, 0.3) is 5.56 Å². The third kappa shape index (κ3) is 7.25. The third-order valence-corrected chi connectivity index (χ3v) is 7.21. The number of nitrogens with one attached hydrogen (secondary N) is 3. The number of aliphatic hydroxyl groups excluding tert-OH is 1. The van der Waals surface area contributed by atoms with E-state index in [4.69, 9.17) is 25.0 Å². The molecule has 18 nitrogen and oxygen atoms in total. The fourth-order valence-corrected chi connectivity index (χ4v) is 5.06. The van der Waals surface area contributed by atoms with E-state index in [-0.39, 0.29) is 6.42 Å². The average molecular weight is 540 g/mol. The Morgan fingerprint density at radius 2 is 2.06 bits per heavy atom. The van der Waals surface area contributed by atoms with Crippen LogP contribution in [-0.4, -0.2) is 76.2 Å². The van der Waals surface area contributed by atoms with E-state index in [1.165, 1.54) is 12.5 Å². The van der Waals surface area contributed by atoms with Gasteiger partial charge in [-0.1, -0.05) is 0 Å². The lowest BCUT2D eigenvalue weighted by Crippen LogP contribution is -2.44. The van der Waals surface area contributed by atoms with Crippen LogP contribution in [0.1, 0.15) is 11.9 Å². The molecule has 20 heteroatoms. The number of hydrogen-bond acceptors (Lipinski definition) is 11. The van der Waals surface area contributed by atoms with Gasteiger partial charge in [0.1, 0.15) is 18.2 Å². The highest BCUT2D eigenvalue weighted by Gasteiger charge is 2.49. The minimum Gasteiger partial charge on any atom is -0.455 e. The van der Waals surface area contributed by atoms with Crippen molar-refractivity contribution in [3.63, 3.8) is 0 Å². The van der Waals surface area contributed by atoms with E-state index in [1.807, 2.05) is 4.98 Å². The molecular formula is C15H22N6O12P2. The van der Waals surface area contributed by atoms with Crippen molar-refractivity contribution in [2.24, 2.45) is 5.73 Å². The Labute approximate surface area is 194 Å². The van der Waals surface area contributed by atoms with Crippen molar-refractivity contribution in [3.05, 3.63) is 51.3 Å². The fourth-order valence-electron chi connectivity index (χ4n) is 3.16. The van der Waals surface area contributed by atoms with Crippen LogP contribution in [0.2, 0.25) is 0 Å². The maximum atomic E-state index is 12.5. The van der Waals surface area contributed by atoms with Crippen LogP contribution in [0.25, 0.3) is 0 Å². The summed E-state index contributed by atoms with van der Waals surface area (Å²) in [6.45, 7) is -0.930. The molecule has 0 aliphatic carbocycles. The van der Waals surface area contributed by atoms with Crippen LogP contribution in [0.15, 0.2) is 34.4 Å². The van der Waals surface area contributed by atoms with Crippen LogP contribution < -0.4 is 21.8 Å². The van der Waals surface area contributed by atoms with Gasteiger partial charge in [-0.2, -0.15) is 0 Å². The molecule has 0 spiro atoms. The van der Waals surface area contributed by atoms with Gasteiger partial charge >= 0.3 is 27.2 Å². The Morgan fingerprint density at radius 1 is 1.34 bits per heavy atom. The second-order valence-corrected chi connectivity index (χ2v) is 10.5. The zero-order chi connectivity index (χ0) is 26.0. The molecule has 2 aromatic heterocycles. The van der Waals surface area contributed by atoms with E-state index >= 15 is 0 Å². The van der Waals surface area contributed by atoms with Crippen molar-refractivity contribution in [1.82, 2.24) is 24.4 Å². The van der Waals surface area contributed by atoms with Crippen LogP contribution in [0.3, 0.4) is 0 Å². The minimum atomic E-state index is -5.18. The molecule has 2 aromatic rings. The topological polar surface area (TPSA) is 281 Å². The first-order valence-corrected chi connectivity index (χ1v) is 12.9. The van der Waals surface area contributed by atoms with E-state index in [9.17, 15) is 33.5 Å². The molecule has 0 bridgehead atoms. The molecule has 0 aromatic carbocycles. The lowest BCUT2D eigenvalue weighted by molar-refractivity contribution is -0.158. The summed E-state index contributed by atoms with van der Waals surface area (Å²) in [5.41, 5.74) is 4.60. The van der Waals surface area contributed by atoms with E-state index in [1.54, 1.807) is 0 Å². The molecule has 194 valence electrons. The summed E-state index contributed by atoms with van der Waals surface area (Å²) in [6, 6.07) is -0.284. The number of imidazole rings is 1. The fraction of sp³-hybridized carbons (Fsp3) is 0.467. The molecule has 35 heavy (non-hydrogen) atoms. The molecule has 1 fully saturated rings. The van der Waals surface area contributed by atoms with Gasteiger partial charge in [0, 0.05) is 30.6 Å². The van der Waals surface area contributed by atoms with Gasteiger partial charge in [0.2, 0.25) is 0 Å². The minimum absolute atomic E-state index is 0.0233. The Bertz CT molecular complexity index is 1240. The molecule has 6 atom stereocenters. The van der Waals surface area contributed by atoms with E-state index in [0.29, 0.717) is 5.69 Å². The first-order chi connectivity index (χ1) is 16.3. The Balaban J connectivity index is 1.80. The number of rotatable bonds is 10. The molecule has 1 unspecified atom stereocenters. The maximum absolute atomic E-state index is 12.5. The summed E-state index contributed by atoms with van der Waals surface area (Å²) in [5, 5.41) is 10.7. The highest BCUT2D eigenvalue weighted by molar-refractivity contribution is 7.66. The standard InChI is InChI=1S/C15H22N6O12P2/c16-8(3-7-4-17-6-18-7)14(24)33-12-9(5-31-35(29,30)20-34(26,27)28)32-13(11(12)23)21-2-1-10(22)19-15(21)25/h1-2,4,6,8-9,11-13,23H,3,5,16H2,(H,17,18)(H,19,22,25)(H4,20,26,27,28,29,30)/t8-,9+,11+,12+,13+/m0/s1. The molecule has 0 saturated carbocycles. The van der Waals surface area contributed by atoms with Crippen molar-refractivity contribution in [1.29, 1.82) is 0 Å². The summed E-state index contributed by atoms with van der Waals surface area (Å²) < 4.78 is 39.0. The van der Waals surface area contributed by atoms with E-state index in [0.717, 1.165) is 21.7 Å². The van der Waals surface area contributed by atoms with Gasteiger partial charge in [0.15, 0.2) is 12.3 Å². The van der Waals surface area contributed by atoms with Crippen molar-refractivity contribution < 1.29 is 47.7 Å². The molecule has 1 aliphatic rings. The average Bonchev–Trinajstić information content (AvgIpc) is 3.34. The Hall–Kier alpha value is -2.50. The Morgan fingerprint density at radius 3 is 2.66 bits per heavy atom. The highest BCUT2D eigenvalue weighted by Crippen LogP contribution is 2.49. The Kier molecular flexibility index (Phi) is 8.23. The number of aromatic nitrogens is 4. The first kappa shape index (κ1) is 27.1. The van der Waals surface area contributed by atoms with Gasteiger partial charge < -0.3 is 40.0 Å². The summed E-state index contributed by atoms with van der Waals surface area (Å²) in [6.07, 6.45) is -2.70. The quantitative estimate of drug-likeness (QED) is 0.109. The third-order valence-electron chi connectivity index (χ3n) is 4.65. The number of esters is 1. The zero-order valence-electron chi connectivity index (χ0n) is 17.5. The molecule has 1 aliphatic heterocycles. The number of nitrogens with two attached hydrogens (primary N) is 1. The number of ether oxygens (including phenoxy) is 2. The van der Waals surface area contributed by atoms with Gasteiger partial charge in [0.05, 0.1) is 12.9 Å². The monoisotopic (exact) mass is 540 g/mol. The number of H-pyrrole nitrogens is 2. The van der Waals surface area contributed by atoms with E-state index in [2.05, 4.69) is 14.5 Å². The smallest absolute Gasteiger partial charge is 0.412 e. The van der Waals surface area contributed by atoms with Gasteiger partial charge in [-0.25, -0.2) is 18.9 Å². The molecule has 0 radical (unpaired) electrons. The largest absolute Gasteiger partial charge is 0.455 e. The second-order valence-electron chi connectivity index (χ2n) is 7.32. The zero-order valence-corrected chi connectivity index (χ0v) is 19.3. The predicted octanol–water partition coefficient (Wildman–Crippen LogP) is -3.20. The number of aliphatic hydroxyl groups is 1. The summed E-state index contributed by atoms with van der Waals surface area (Å²) in [5.74, 6) is -1.02. The van der Waals surface area contributed by atoms with Gasteiger partial charge in [-0.05, 0) is 0 Å². The van der Waals surface area contributed by atoms with Gasteiger partial charge in [-0.3, -0.25) is 23.7 Å². The lowest BCUT2D eigenvalue weighted by atomic mass is 10.1. The van der Waals surface area contributed by atoms with Crippen molar-refractivity contribution in [2.75, 3.05) is 6.61 Å².